The van der Waals surface area contributed by atoms with Crippen molar-refractivity contribution in [2.45, 2.75) is 57.2 Å². The maximum Gasteiger partial charge on any atom is 0.331 e. The molecule has 27 heavy (non-hydrogen) atoms. The summed E-state index contributed by atoms with van der Waals surface area (Å²) in [7, 11) is 0. The van der Waals surface area contributed by atoms with Crippen LogP contribution in [0.15, 0.2) is 35.5 Å². The molecule has 2 fully saturated rings. The van der Waals surface area contributed by atoms with Crippen LogP contribution in [0.5, 0.6) is 0 Å². The van der Waals surface area contributed by atoms with Gasteiger partial charge in [-0.3, -0.25) is 4.79 Å². The number of hydrogen-bond acceptors (Lipinski definition) is 5. The standard InChI is InChI=1S/C20H24O7/c1-12(15(21)22)4-3-8-18(2)14-7-10-19(17(25)27-18)9-5-13(16(23)24)6-11-20(14,19)26/h3-5,8,14,26H,6-7,9-11H2,1-2H3,(H,21,22)(H,23,24)/b8-3+,12-4-. The van der Waals surface area contributed by atoms with Crippen LogP contribution in [0, 0.1) is 11.3 Å². The Hall–Kier alpha value is -2.41. The molecule has 7 heteroatoms. The first kappa shape index (κ1) is 19.4. The van der Waals surface area contributed by atoms with Crippen molar-refractivity contribution in [3.63, 3.8) is 0 Å². The first-order valence-electron chi connectivity index (χ1n) is 9.03. The molecule has 2 bridgehead atoms. The van der Waals surface area contributed by atoms with Crippen LogP contribution in [0.2, 0.25) is 0 Å². The third-order valence-corrected chi connectivity index (χ3v) is 6.52. The highest BCUT2D eigenvalue weighted by Crippen LogP contribution is 2.63. The lowest BCUT2D eigenvalue weighted by atomic mass is 9.62. The quantitative estimate of drug-likeness (QED) is 0.391. The molecule has 3 aliphatic rings. The van der Waals surface area contributed by atoms with Crippen molar-refractivity contribution in [3.8, 4) is 0 Å². The van der Waals surface area contributed by atoms with Gasteiger partial charge >= 0.3 is 17.9 Å². The number of carbonyl (C=O) groups is 3. The molecule has 0 amide bonds. The Bertz CT molecular complexity index is 792. The highest BCUT2D eigenvalue weighted by molar-refractivity contribution is 5.88. The predicted octanol–water partition coefficient (Wildman–Crippen LogP) is 2.21. The van der Waals surface area contributed by atoms with Gasteiger partial charge in [0.05, 0.1) is 5.60 Å². The fourth-order valence-electron chi connectivity index (χ4n) is 4.89. The summed E-state index contributed by atoms with van der Waals surface area (Å²) >= 11 is 0. The maximum absolute atomic E-state index is 13.0. The minimum atomic E-state index is -1.36. The maximum atomic E-state index is 13.0. The molecule has 0 aromatic heterocycles. The van der Waals surface area contributed by atoms with Gasteiger partial charge in [-0.15, -0.1) is 0 Å². The van der Waals surface area contributed by atoms with E-state index < -0.39 is 34.5 Å². The Balaban J connectivity index is 1.97. The highest BCUT2D eigenvalue weighted by atomic mass is 16.6. The van der Waals surface area contributed by atoms with Gasteiger partial charge in [0, 0.05) is 17.1 Å². The Morgan fingerprint density at radius 1 is 1.30 bits per heavy atom. The summed E-state index contributed by atoms with van der Waals surface area (Å²) in [4.78, 5) is 35.2. The SMILES string of the molecule is C/C(=C/C=C/C1(C)OC(=O)C23CC=C(C(=O)O)CCC2(O)C1CC3)C(=O)O. The van der Waals surface area contributed by atoms with Crippen LogP contribution in [0.25, 0.3) is 0 Å². The number of ether oxygens (including phenoxy) is 1. The van der Waals surface area contributed by atoms with E-state index >= 15 is 0 Å². The average Bonchev–Trinajstić information content (AvgIpc) is 2.70. The second kappa shape index (κ2) is 6.34. The topological polar surface area (TPSA) is 121 Å². The Labute approximate surface area is 157 Å². The molecular formula is C20H24O7. The summed E-state index contributed by atoms with van der Waals surface area (Å²) in [5, 5.41) is 29.8. The summed E-state index contributed by atoms with van der Waals surface area (Å²) < 4.78 is 5.74. The number of hydrogen-bond donors (Lipinski definition) is 3. The number of carbonyl (C=O) groups excluding carboxylic acids is 1. The third kappa shape index (κ3) is 2.81. The molecule has 4 atom stereocenters. The molecule has 0 aromatic carbocycles. The van der Waals surface area contributed by atoms with Gasteiger partial charge in [-0.05, 0) is 52.0 Å². The van der Waals surface area contributed by atoms with Gasteiger partial charge in [0.2, 0.25) is 0 Å². The van der Waals surface area contributed by atoms with Gasteiger partial charge in [-0.25, -0.2) is 9.59 Å². The van der Waals surface area contributed by atoms with E-state index in [0.717, 1.165) is 0 Å². The first-order chi connectivity index (χ1) is 12.6. The highest BCUT2D eigenvalue weighted by Gasteiger charge is 2.71. The van der Waals surface area contributed by atoms with Crippen LogP contribution in [-0.2, 0) is 19.1 Å². The summed E-state index contributed by atoms with van der Waals surface area (Å²) in [6.45, 7) is 3.17. The van der Waals surface area contributed by atoms with Gasteiger partial charge in [-0.1, -0.05) is 18.2 Å². The average molecular weight is 376 g/mol. The molecule has 4 unspecified atom stereocenters. The number of aliphatic carboxylic acids is 2. The smallest absolute Gasteiger partial charge is 0.331 e. The molecule has 1 saturated heterocycles. The molecule has 0 radical (unpaired) electrons. The van der Waals surface area contributed by atoms with Gasteiger partial charge in [-0.2, -0.15) is 0 Å². The molecule has 146 valence electrons. The van der Waals surface area contributed by atoms with Crippen LogP contribution in [0.1, 0.15) is 46.0 Å². The fourth-order valence-corrected chi connectivity index (χ4v) is 4.89. The fraction of sp³-hybridized carbons (Fsp3) is 0.550. The number of carboxylic acids is 2. The molecule has 0 aromatic rings. The second-order valence-electron chi connectivity index (χ2n) is 7.92. The summed E-state index contributed by atoms with van der Waals surface area (Å²) in [5.41, 5.74) is -3.21. The first-order valence-corrected chi connectivity index (χ1v) is 9.03. The van der Waals surface area contributed by atoms with Crippen LogP contribution < -0.4 is 0 Å². The van der Waals surface area contributed by atoms with Gasteiger partial charge < -0.3 is 20.1 Å². The molecule has 2 aliphatic carbocycles. The number of esters is 1. The zero-order valence-corrected chi connectivity index (χ0v) is 15.4. The monoisotopic (exact) mass is 376 g/mol. The van der Waals surface area contributed by atoms with E-state index in [-0.39, 0.29) is 36.3 Å². The van der Waals surface area contributed by atoms with E-state index in [0.29, 0.717) is 12.8 Å². The van der Waals surface area contributed by atoms with Gasteiger partial charge in [0.25, 0.3) is 0 Å². The number of aliphatic hydroxyl groups is 1. The number of carboxylic acid groups (broad SMARTS) is 2. The minimum absolute atomic E-state index is 0.140. The molecule has 0 spiro atoms. The lowest BCUT2D eigenvalue weighted by molar-refractivity contribution is -0.224. The Kier molecular flexibility index (Phi) is 4.54. The molecule has 3 N–H and O–H groups in total. The van der Waals surface area contributed by atoms with Crippen molar-refractivity contribution in [3.05, 3.63) is 35.5 Å². The third-order valence-electron chi connectivity index (χ3n) is 6.52. The number of rotatable bonds is 4. The van der Waals surface area contributed by atoms with E-state index in [1.807, 2.05) is 0 Å². The molecule has 1 heterocycles. The predicted molar refractivity (Wildman–Crippen MR) is 94.7 cm³/mol. The summed E-state index contributed by atoms with van der Waals surface area (Å²) in [5.74, 6) is -2.98. The lowest BCUT2D eigenvalue weighted by Gasteiger charge is -2.52. The van der Waals surface area contributed by atoms with Gasteiger partial charge in [0.1, 0.15) is 11.0 Å². The normalized spacial score (nSPS) is 38.8. The van der Waals surface area contributed by atoms with E-state index in [1.165, 1.54) is 19.1 Å². The number of cyclic esters (lactones) is 1. The molecular weight excluding hydrogens is 352 g/mol. The van der Waals surface area contributed by atoms with Crippen molar-refractivity contribution in [1.29, 1.82) is 0 Å². The molecule has 3 rings (SSSR count). The van der Waals surface area contributed by atoms with Crippen LogP contribution in [0.4, 0.5) is 0 Å². The lowest BCUT2D eigenvalue weighted by Crippen LogP contribution is -2.63. The van der Waals surface area contributed by atoms with E-state index in [2.05, 4.69) is 0 Å². The minimum Gasteiger partial charge on any atom is -0.478 e. The van der Waals surface area contributed by atoms with Crippen molar-refractivity contribution in [2.75, 3.05) is 0 Å². The molecule has 1 aliphatic heterocycles. The van der Waals surface area contributed by atoms with Crippen molar-refractivity contribution in [1.82, 2.24) is 0 Å². The Morgan fingerprint density at radius 2 is 2.00 bits per heavy atom. The zero-order chi connectivity index (χ0) is 20.0. The largest absolute Gasteiger partial charge is 0.478 e. The number of allylic oxidation sites excluding steroid dienone is 3. The van der Waals surface area contributed by atoms with Crippen molar-refractivity contribution >= 4 is 17.9 Å². The van der Waals surface area contributed by atoms with E-state index in [1.54, 1.807) is 19.1 Å². The summed E-state index contributed by atoms with van der Waals surface area (Å²) in [6, 6.07) is 0. The van der Waals surface area contributed by atoms with Crippen molar-refractivity contribution in [2.24, 2.45) is 11.3 Å². The van der Waals surface area contributed by atoms with E-state index in [4.69, 9.17) is 9.84 Å². The van der Waals surface area contributed by atoms with Crippen LogP contribution in [0.3, 0.4) is 0 Å². The second-order valence-corrected chi connectivity index (χ2v) is 7.92. The van der Waals surface area contributed by atoms with Crippen LogP contribution in [-0.4, -0.2) is 44.4 Å². The molecule has 1 saturated carbocycles. The summed E-state index contributed by atoms with van der Waals surface area (Å²) in [6.07, 6.45) is 7.63. The van der Waals surface area contributed by atoms with Crippen molar-refractivity contribution < 1.29 is 34.4 Å². The van der Waals surface area contributed by atoms with Crippen LogP contribution >= 0.6 is 0 Å². The molecule has 7 nitrogen and oxygen atoms in total. The van der Waals surface area contributed by atoms with E-state index in [9.17, 15) is 24.6 Å². The van der Waals surface area contributed by atoms with Gasteiger partial charge in [0.15, 0.2) is 0 Å². The Morgan fingerprint density at radius 3 is 2.63 bits per heavy atom. The zero-order valence-electron chi connectivity index (χ0n) is 15.4.